The van der Waals surface area contributed by atoms with E-state index in [9.17, 15) is 4.79 Å². The summed E-state index contributed by atoms with van der Waals surface area (Å²) >= 11 is 0. The maximum absolute atomic E-state index is 11.3. The fraction of sp³-hybridized carbons (Fsp3) is 0.500. The molecular weight excluding hydrogens is 168 g/mol. The van der Waals surface area contributed by atoms with Gasteiger partial charge in [0.05, 0.1) is 12.0 Å². The quantitative estimate of drug-likeness (QED) is 0.564. The van der Waals surface area contributed by atoms with Crippen molar-refractivity contribution < 1.29 is 4.79 Å². The number of nitrogens with one attached hydrogen (secondary N) is 2. The van der Waals surface area contributed by atoms with Gasteiger partial charge in [0.1, 0.15) is 0 Å². The summed E-state index contributed by atoms with van der Waals surface area (Å²) in [4.78, 5) is 15.4. The molecule has 0 saturated carbocycles. The van der Waals surface area contributed by atoms with Gasteiger partial charge in [-0.05, 0) is 0 Å². The lowest BCUT2D eigenvalue weighted by Crippen LogP contribution is -2.63. The first-order valence-corrected chi connectivity index (χ1v) is 4.35. The lowest BCUT2D eigenvalue weighted by atomic mass is 9.87. The van der Waals surface area contributed by atoms with E-state index < -0.39 is 0 Å². The number of hydrogen-bond donors (Lipinski definition) is 2. The number of imidazole rings is 1. The Balaban J connectivity index is 2.12. The number of nitrogens with zero attached hydrogens (tertiary/aromatic N) is 2. The molecule has 0 radical (unpaired) electrons. The van der Waals surface area contributed by atoms with E-state index in [1.807, 2.05) is 6.20 Å². The molecule has 2 aliphatic heterocycles. The summed E-state index contributed by atoms with van der Waals surface area (Å²) in [6.45, 7) is 1.73. The second-order valence-electron chi connectivity index (χ2n) is 3.67. The molecule has 0 bridgehead atoms. The van der Waals surface area contributed by atoms with Crippen LogP contribution in [0.15, 0.2) is 12.4 Å². The molecule has 0 aromatic carbocycles. The van der Waals surface area contributed by atoms with E-state index in [2.05, 4.69) is 20.2 Å². The van der Waals surface area contributed by atoms with Gasteiger partial charge < -0.3 is 9.88 Å². The smallest absolute Gasteiger partial charge is 0.229 e. The van der Waals surface area contributed by atoms with Crippen molar-refractivity contribution in [2.45, 2.75) is 12.0 Å². The Hall–Kier alpha value is -1.36. The highest BCUT2D eigenvalue weighted by Crippen LogP contribution is 2.32. The van der Waals surface area contributed by atoms with E-state index in [1.54, 1.807) is 6.20 Å². The molecule has 1 amide bonds. The summed E-state index contributed by atoms with van der Waals surface area (Å²) in [5.74, 6) is 0.748. The van der Waals surface area contributed by atoms with Gasteiger partial charge >= 0.3 is 0 Å². The molecule has 1 fully saturated rings. The van der Waals surface area contributed by atoms with Crippen LogP contribution in [0.5, 0.6) is 0 Å². The largest absolute Gasteiger partial charge is 0.312 e. The minimum atomic E-state index is -0.0336. The monoisotopic (exact) mass is 178 g/mol. The zero-order chi connectivity index (χ0) is 8.89. The van der Waals surface area contributed by atoms with Crippen LogP contribution < -0.4 is 10.6 Å². The number of anilines is 1. The van der Waals surface area contributed by atoms with Crippen LogP contribution in [-0.2, 0) is 10.3 Å². The Bertz CT molecular complexity index is 366. The molecule has 68 valence electrons. The topological polar surface area (TPSA) is 59.0 Å². The number of carbonyl (C=O) groups excluding carboxylic acids is 1. The van der Waals surface area contributed by atoms with Gasteiger partial charge in [0, 0.05) is 25.5 Å². The molecular formula is C8H10N4O. The van der Waals surface area contributed by atoms with Crippen LogP contribution in [0.1, 0.15) is 6.42 Å². The zero-order valence-corrected chi connectivity index (χ0v) is 7.08. The average Bonchev–Trinajstić information content (AvgIpc) is 2.47. The normalized spacial score (nSPS) is 23.5. The molecule has 5 heteroatoms. The van der Waals surface area contributed by atoms with Gasteiger partial charge in [-0.2, -0.15) is 0 Å². The SMILES string of the molecule is O=C1CC2(CNC2)n2ccnc2N1. The molecule has 1 aromatic rings. The number of hydrogen-bond acceptors (Lipinski definition) is 3. The minimum absolute atomic E-state index is 0.0336. The molecule has 3 heterocycles. The van der Waals surface area contributed by atoms with Crippen molar-refractivity contribution in [3.8, 4) is 0 Å². The van der Waals surface area contributed by atoms with Crippen LogP contribution in [0, 0.1) is 0 Å². The van der Waals surface area contributed by atoms with Gasteiger partial charge in [-0.15, -0.1) is 0 Å². The van der Waals surface area contributed by atoms with Crippen LogP contribution in [0.25, 0.3) is 0 Å². The lowest BCUT2D eigenvalue weighted by molar-refractivity contribution is -0.119. The van der Waals surface area contributed by atoms with Crippen LogP contribution >= 0.6 is 0 Å². The van der Waals surface area contributed by atoms with Crippen molar-refractivity contribution in [1.82, 2.24) is 14.9 Å². The summed E-state index contributed by atoms with van der Waals surface area (Å²) in [7, 11) is 0. The zero-order valence-electron chi connectivity index (χ0n) is 7.08. The Labute approximate surface area is 75.1 Å². The Morgan fingerprint density at radius 2 is 2.38 bits per heavy atom. The molecule has 2 N–H and O–H groups in total. The van der Waals surface area contributed by atoms with E-state index in [1.165, 1.54) is 0 Å². The van der Waals surface area contributed by atoms with Crippen molar-refractivity contribution in [1.29, 1.82) is 0 Å². The summed E-state index contributed by atoms with van der Waals surface area (Å²) < 4.78 is 2.06. The van der Waals surface area contributed by atoms with Crippen molar-refractivity contribution in [3.05, 3.63) is 12.4 Å². The summed E-state index contributed by atoms with van der Waals surface area (Å²) in [5.41, 5.74) is -0.0336. The fourth-order valence-corrected chi connectivity index (χ4v) is 2.04. The van der Waals surface area contributed by atoms with Crippen LogP contribution in [0.3, 0.4) is 0 Å². The summed E-state index contributed by atoms with van der Waals surface area (Å²) in [6.07, 6.45) is 4.21. The predicted molar refractivity (Wildman–Crippen MR) is 46.3 cm³/mol. The van der Waals surface area contributed by atoms with Crippen molar-refractivity contribution in [2.24, 2.45) is 0 Å². The standard InChI is InChI=1S/C8H10N4O/c13-6-3-8(4-9-5-8)12-2-1-10-7(12)11-6/h1-2,9H,3-5H2,(H,10,11,13). The third-order valence-corrected chi connectivity index (χ3v) is 2.80. The molecule has 0 atom stereocenters. The third-order valence-electron chi connectivity index (χ3n) is 2.80. The molecule has 5 nitrogen and oxygen atoms in total. The Morgan fingerprint density at radius 3 is 3.08 bits per heavy atom. The summed E-state index contributed by atoms with van der Waals surface area (Å²) in [5, 5.41) is 5.94. The summed E-state index contributed by atoms with van der Waals surface area (Å²) in [6, 6.07) is 0. The van der Waals surface area contributed by atoms with Crippen molar-refractivity contribution >= 4 is 11.9 Å². The van der Waals surface area contributed by atoms with Gasteiger partial charge in [0.25, 0.3) is 0 Å². The minimum Gasteiger partial charge on any atom is -0.312 e. The number of rotatable bonds is 0. The number of amides is 1. The maximum Gasteiger partial charge on any atom is 0.229 e. The van der Waals surface area contributed by atoms with Crippen molar-refractivity contribution in [3.63, 3.8) is 0 Å². The molecule has 0 aliphatic carbocycles. The second kappa shape index (κ2) is 2.11. The highest BCUT2D eigenvalue weighted by Gasteiger charge is 2.44. The third kappa shape index (κ3) is 0.793. The van der Waals surface area contributed by atoms with E-state index in [0.717, 1.165) is 13.1 Å². The van der Waals surface area contributed by atoms with E-state index in [0.29, 0.717) is 12.4 Å². The molecule has 1 saturated heterocycles. The van der Waals surface area contributed by atoms with E-state index in [-0.39, 0.29) is 11.4 Å². The van der Waals surface area contributed by atoms with E-state index in [4.69, 9.17) is 0 Å². The van der Waals surface area contributed by atoms with Gasteiger partial charge in [-0.3, -0.25) is 10.1 Å². The van der Waals surface area contributed by atoms with Crippen LogP contribution in [-0.4, -0.2) is 28.5 Å². The second-order valence-corrected chi connectivity index (χ2v) is 3.67. The maximum atomic E-state index is 11.3. The van der Waals surface area contributed by atoms with Gasteiger partial charge in [0.15, 0.2) is 0 Å². The lowest BCUT2D eigenvalue weighted by Gasteiger charge is -2.46. The van der Waals surface area contributed by atoms with Gasteiger partial charge in [-0.25, -0.2) is 4.98 Å². The highest BCUT2D eigenvalue weighted by atomic mass is 16.2. The molecule has 13 heavy (non-hydrogen) atoms. The average molecular weight is 178 g/mol. The Morgan fingerprint density at radius 1 is 1.54 bits per heavy atom. The first-order valence-electron chi connectivity index (χ1n) is 4.35. The molecule has 3 rings (SSSR count). The van der Waals surface area contributed by atoms with Gasteiger partial charge in [-0.1, -0.05) is 0 Å². The number of fused-ring (bicyclic) bond motifs is 2. The van der Waals surface area contributed by atoms with E-state index >= 15 is 0 Å². The van der Waals surface area contributed by atoms with Crippen LogP contribution in [0.4, 0.5) is 5.95 Å². The first kappa shape index (κ1) is 7.08. The van der Waals surface area contributed by atoms with Crippen LogP contribution in [0.2, 0.25) is 0 Å². The first-order chi connectivity index (χ1) is 6.30. The van der Waals surface area contributed by atoms with Gasteiger partial charge in [0.2, 0.25) is 11.9 Å². The highest BCUT2D eigenvalue weighted by molar-refractivity contribution is 5.91. The molecule has 1 aromatic heterocycles. The predicted octanol–water partition coefficient (Wildman–Crippen LogP) is -0.476. The molecule has 0 unspecified atom stereocenters. The molecule has 2 aliphatic rings. The molecule has 1 spiro atoms. The van der Waals surface area contributed by atoms with Crippen molar-refractivity contribution in [2.75, 3.05) is 18.4 Å². The number of carbonyl (C=O) groups is 1. The fourth-order valence-electron chi connectivity index (χ4n) is 2.04. The number of aromatic nitrogens is 2. The Kier molecular flexibility index (Phi) is 1.15.